The molecule has 0 aliphatic rings. The van der Waals surface area contributed by atoms with Crippen molar-refractivity contribution in [2.24, 2.45) is 0 Å². The molecule has 0 unspecified atom stereocenters. The lowest BCUT2D eigenvalue weighted by Gasteiger charge is -1.87. The first kappa shape index (κ1) is 6.71. The highest BCUT2D eigenvalue weighted by Crippen LogP contribution is 2.21. The third-order valence-electron chi connectivity index (χ3n) is 2.17. The molecule has 13 heavy (non-hydrogen) atoms. The summed E-state index contributed by atoms with van der Waals surface area (Å²) in [7, 11) is 0. The number of furan rings is 1. The minimum Gasteiger partial charge on any atom is -0.464 e. The molecule has 1 N–H and O–H groups in total. The van der Waals surface area contributed by atoms with Crippen LogP contribution in [-0.2, 0) is 0 Å². The molecule has 0 saturated heterocycles. The maximum atomic E-state index is 5.28. The zero-order chi connectivity index (χ0) is 8.84. The van der Waals surface area contributed by atoms with Gasteiger partial charge in [-0.25, -0.2) is 4.98 Å². The average molecular weight is 172 g/mol. The first-order valence-corrected chi connectivity index (χ1v) is 4.16. The summed E-state index contributed by atoms with van der Waals surface area (Å²) in [6.45, 7) is 1.95. The van der Waals surface area contributed by atoms with Gasteiger partial charge >= 0.3 is 0 Å². The Morgan fingerprint density at radius 1 is 1.38 bits per heavy atom. The normalized spacial score (nSPS) is 11.5. The molecular weight excluding hydrogens is 164 g/mol. The lowest BCUT2D eigenvalue weighted by atomic mass is 10.2. The summed E-state index contributed by atoms with van der Waals surface area (Å²) in [5, 5.41) is 1.11. The first-order chi connectivity index (χ1) is 6.33. The van der Waals surface area contributed by atoms with Gasteiger partial charge in [0.1, 0.15) is 11.4 Å². The van der Waals surface area contributed by atoms with Crippen LogP contribution in [0.1, 0.15) is 5.82 Å². The van der Waals surface area contributed by atoms with Crippen molar-refractivity contribution in [1.82, 2.24) is 9.97 Å². The first-order valence-electron chi connectivity index (χ1n) is 4.16. The highest BCUT2D eigenvalue weighted by molar-refractivity contribution is 5.92. The van der Waals surface area contributed by atoms with Gasteiger partial charge in [0.2, 0.25) is 0 Å². The van der Waals surface area contributed by atoms with Crippen molar-refractivity contribution in [3.63, 3.8) is 0 Å². The molecule has 0 fully saturated rings. The fourth-order valence-corrected chi connectivity index (χ4v) is 1.59. The average Bonchev–Trinajstić information content (AvgIpc) is 2.63. The molecule has 0 atom stereocenters. The summed E-state index contributed by atoms with van der Waals surface area (Å²) in [6, 6.07) is 5.95. The Kier molecular flexibility index (Phi) is 1.10. The molecule has 3 nitrogen and oxygen atoms in total. The highest BCUT2D eigenvalue weighted by atomic mass is 16.3. The van der Waals surface area contributed by atoms with Crippen molar-refractivity contribution in [2.45, 2.75) is 6.92 Å². The molecule has 0 bridgehead atoms. The van der Waals surface area contributed by atoms with Crippen LogP contribution in [0.4, 0.5) is 0 Å². The largest absolute Gasteiger partial charge is 0.464 e. The Morgan fingerprint density at radius 3 is 3.23 bits per heavy atom. The monoisotopic (exact) mass is 172 g/mol. The summed E-state index contributed by atoms with van der Waals surface area (Å²) in [5.74, 6) is 0.933. The van der Waals surface area contributed by atoms with Gasteiger partial charge in [-0.15, -0.1) is 0 Å². The smallest absolute Gasteiger partial charge is 0.136 e. The quantitative estimate of drug-likeness (QED) is 0.566. The Balaban J connectivity index is 2.54. The minimum absolute atomic E-state index is 0.888. The SMILES string of the molecule is Cc1nc2cc3occc3cc2[nH]1. The van der Waals surface area contributed by atoms with E-state index in [2.05, 4.69) is 9.97 Å². The van der Waals surface area contributed by atoms with E-state index in [-0.39, 0.29) is 0 Å². The molecule has 64 valence electrons. The van der Waals surface area contributed by atoms with Gasteiger partial charge in [-0.1, -0.05) is 0 Å². The highest BCUT2D eigenvalue weighted by Gasteiger charge is 2.02. The Morgan fingerprint density at radius 2 is 2.31 bits per heavy atom. The van der Waals surface area contributed by atoms with E-state index >= 15 is 0 Å². The van der Waals surface area contributed by atoms with E-state index in [0.717, 1.165) is 27.8 Å². The van der Waals surface area contributed by atoms with Crippen LogP contribution < -0.4 is 0 Å². The number of fused-ring (bicyclic) bond motifs is 2. The van der Waals surface area contributed by atoms with Crippen molar-refractivity contribution in [1.29, 1.82) is 0 Å². The van der Waals surface area contributed by atoms with Gasteiger partial charge in [0.25, 0.3) is 0 Å². The van der Waals surface area contributed by atoms with Gasteiger partial charge in [0, 0.05) is 11.5 Å². The van der Waals surface area contributed by atoms with Gasteiger partial charge in [-0.2, -0.15) is 0 Å². The molecule has 0 aliphatic carbocycles. The second kappa shape index (κ2) is 2.13. The number of nitrogens with one attached hydrogen (secondary N) is 1. The van der Waals surface area contributed by atoms with Crippen molar-refractivity contribution in [2.75, 3.05) is 0 Å². The van der Waals surface area contributed by atoms with Gasteiger partial charge in [0.05, 0.1) is 17.3 Å². The number of imidazole rings is 1. The predicted octanol–water partition coefficient (Wildman–Crippen LogP) is 2.62. The second-order valence-corrected chi connectivity index (χ2v) is 3.15. The molecule has 2 aromatic heterocycles. The Hall–Kier alpha value is -1.77. The van der Waals surface area contributed by atoms with Crippen molar-refractivity contribution in [3.8, 4) is 0 Å². The van der Waals surface area contributed by atoms with E-state index in [0.29, 0.717) is 0 Å². The molecule has 1 aromatic carbocycles. The number of aromatic amines is 1. The summed E-state index contributed by atoms with van der Waals surface area (Å²) in [5.41, 5.74) is 2.91. The van der Waals surface area contributed by atoms with Crippen LogP contribution in [0.5, 0.6) is 0 Å². The molecule has 0 amide bonds. The summed E-state index contributed by atoms with van der Waals surface area (Å²) >= 11 is 0. The lowest BCUT2D eigenvalue weighted by Crippen LogP contribution is -1.68. The van der Waals surface area contributed by atoms with Crippen molar-refractivity contribution in [3.05, 3.63) is 30.3 Å². The van der Waals surface area contributed by atoms with Crippen LogP contribution in [0.15, 0.2) is 28.9 Å². The van der Waals surface area contributed by atoms with Gasteiger partial charge < -0.3 is 9.40 Å². The molecule has 2 heterocycles. The third kappa shape index (κ3) is 0.869. The van der Waals surface area contributed by atoms with Crippen LogP contribution in [-0.4, -0.2) is 9.97 Å². The Labute approximate surface area is 74.4 Å². The van der Waals surface area contributed by atoms with Crippen molar-refractivity contribution >= 4 is 22.0 Å². The van der Waals surface area contributed by atoms with Gasteiger partial charge in [-0.05, 0) is 19.1 Å². The molecular formula is C10H8N2O. The summed E-state index contributed by atoms with van der Waals surface area (Å²) < 4.78 is 5.28. The lowest BCUT2D eigenvalue weighted by molar-refractivity contribution is 0.616. The van der Waals surface area contributed by atoms with E-state index in [4.69, 9.17) is 4.42 Å². The van der Waals surface area contributed by atoms with Crippen LogP contribution in [0.3, 0.4) is 0 Å². The number of H-pyrrole nitrogens is 1. The summed E-state index contributed by atoms with van der Waals surface area (Å²) in [4.78, 5) is 7.51. The molecule has 3 heteroatoms. The second-order valence-electron chi connectivity index (χ2n) is 3.15. The molecule has 0 aliphatic heterocycles. The molecule has 3 rings (SSSR count). The van der Waals surface area contributed by atoms with Crippen LogP contribution in [0.2, 0.25) is 0 Å². The minimum atomic E-state index is 0.888. The van der Waals surface area contributed by atoms with E-state index in [1.807, 2.05) is 25.1 Å². The summed E-state index contributed by atoms with van der Waals surface area (Å²) in [6.07, 6.45) is 1.69. The van der Waals surface area contributed by atoms with Crippen LogP contribution in [0, 0.1) is 6.92 Å². The third-order valence-corrected chi connectivity index (χ3v) is 2.17. The van der Waals surface area contributed by atoms with E-state index in [1.54, 1.807) is 6.26 Å². The van der Waals surface area contributed by atoms with Crippen LogP contribution in [0.25, 0.3) is 22.0 Å². The van der Waals surface area contributed by atoms with E-state index < -0.39 is 0 Å². The topological polar surface area (TPSA) is 41.8 Å². The van der Waals surface area contributed by atoms with Gasteiger partial charge in [-0.3, -0.25) is 0 Å². The van der Waals surface area contributed by atoms with E-state index in [9.17, 15) is 0 Å². The number of hydrogen-bond acceptors (Lipinski definition) is 2. The van der Waals surface area contributed by atoms with Crippen LogP contribution >= 0.6 is 0 Å². The maximum Gasteiger partial charge on any atom is 0.136 e. The molecule has 0 spiro atoms. The standard InChI is InChI=1S/C10H8N2O/c1-6-11-8-4-7-2-3-13-10(7)5-9(8)12-6/h2-5H,1H3,(H,11,12). The molecule has 0 saturated carbocycles. The molecule has 0 radical (unpaired) electrons. The zero-order valence-electron chi connectivity index (χ0n) is 7.16. The predicted molar refractivity (Wildman–Crippen MR) is 50.6 cm³/mol. The van der Waals surface area contributed by atoms with Gasteiger partial charge in [0.15, 0.2) is 0 Å². The zero-order valence-corrected chi connectivity index (χ0v) is 7.16. The number of nitrogens with zero attached hydrogens (tertiary/aromatic N) is 1. The van der Waals surface area contributed by atoms with Crippen molar-refractivity contribution < 1.29 is 4.42 Å². The number of hydrogen-bond donors (Lipinski definition) is 1. The van der Waals surface area contributed by atoms with E-state index in [1.165, 1.54) is 0 Å². The number of rotatable bonds is 0. The number of aromatic nitrogens is 2. The Bertz CT molecular complexity index is 529. The maximum absolute atomic E-state index is 5.28. The number of benzene rings is 1. The fraction of sp³-hybridized carbons (Fsp3) is 0.100. The molecule has 3 aromatic rings. The number of aryl methyl sites for hydroxylation is 1. The fourth-order valence-electron chi connectivity index (χ4n) is 1.59.